The van der Waals surface area contributed by atoms with E-state index in [4.69, 9.17) is 0 Å². The third-order valence-electron chi connectivity index (χ3n) is 3.47. The molecule has 118 valence electrons. The SMILES string of the molecule is CN=C(NCc1ccc(C)nc1)N(C)Cc1cc(Br)cn1C. The van der Waals surface area contributed by atoms with E-state index in [1.807, 2.05) is 33.3 Å². The van der Waals surface area contributed by atoms with Crippen LogP contribution in [0.5, 0.6) is 0 Å². The summed E-state index contributed by atoms with van der Waals surface area (Å²) in [6.07, 6.45) is 3.95. The number of pyridine rings is 1. The van der Waals surface area contributed by atoms with E-state index in [0.29, 0.717) is 6.54 Å². The van der Waals surface area contributed by atoms with Crippen molar-refractivity contribution in [2.45, 2.75) is 20.0 Å². The van der Waals surface area contributed by atoms with Crippen molar-refractivity contribution in [2.24, 2.45) is 12.0 Å². The number of aryl methyl sites for hydroxylation is 2. The monoisotopic (exact) mass is 363 g/mol. The highest BCUT2D eigenvalue weighted by Gasteiger charge is 2.09. The second-order valence-electron chi connectivity index (χ2n) is 5.33. The highest BCUT2D eigenvalue weighted by molar-refractivity contribution is 9.10. The minimum absolute atomic E-state index is 0.709. The summed E-state index contributed by atoms with van der Waals surface area (Å²) in [6.45, 7) is 3.48. The van der Waals surface area contributed by atoms with Crippen molar-refractivity contribution in [3.63, 3.8) is 0 Å². The van der Waals surface area contributed by atoms with E-state index in [1.54, 1.807) is 7.05 Å². The summed E-state index contributed by atoms with van der Waals surface area (Å²) in [5.41, 5.74) is 3.38. The Balaban J connectivity index is 1.96. The highest BCUT2D eigenvalue weighted by atomic mass is 79.9. The van der Waals surface area contributed by atoms with Gasteiger partial charge >= 0.3 is 0 Å². The van der Waals surface area contributed by atoms with Crippen molar-refractivity contribution in [1.29, 1.82) is 0 Å². The lowest BCUT2D eigenvalue weighted by atomic mass is 10.2. The standard InChI is InChI=1S/C16H22BrN5/c1-12-5-6-13(8-19-12)9-20-16(18-2)22(4)11-15-7-14(17)10-21(15)3/h5-8,10H,9,11H2,1-4H3,(H,18,20). The zero-order valence-electron chi connectivity index (χ0n) is 13.5. The molecule has 2 aromatic heterocycles. The van der Waals surface area contributed by atoms with Crippen molar-refractivity contribution >= 4 is 21.9 Å². The van der Waals surface area contributed by atoms with Crippen LogP contribution in [0.4, 0.5) is 0 Å². The van der Waals surface area contributed by atoms with Crippen LogP contribution in [0.15, 0.2) is 40.1 Å². The van der Waals surface area contributed by atoms with Crippen LogP contribution >= 0.6 is 15.9 Å². The molecule has 0 saturated carbocycles. The molecule has 0 unspecified atom stereocenters. The van der Waals surface area contributed by atoms with Gasteiger partial charge in [0.15, 0.2) is 5.96 Å². The first-order chi connectivity index (χ1) is 10.5. The molecule has 1 N–H and O–H groups in total. The minimum Gasteiger partial charge on any atom is -0.352 e. The van der Waals surface area contributed by atoms with Gasteiger partial charge in [-0.05, 0) is 40.5 Å². The zero-order valence-corrected chi connectivity index (χ0v) is 15.1. The van der Waals surface area contributed by atoms with E-state index < -0.39 is 0 Å². The van der Waals surface area contributed by atoms with Gasteiger partial charge in [-0.25, -0.2) is 0 Å². The average molecular weight is 364 g/mol. The molecule has 2 rings (SSSR count). The topological polar surface area (TPSA) is 45.5 Å². The molecule has 0 aliphatic carbocycles. The molecule has 0 fully saturated rings. The second kappa shape index (κ2) is 7.45. The van der Waals surface area contributed by atoms with Crippen molar-refractivity contribution in [3.05, 3.63) is 52.0 Å². The molecule has 2 heterocycles. The molecule has 0 aliphatic rings. The van der Waals surface area contributed by atoms with Crippen molar-refractivity contribution < 1.29 is 0 Å². The van der Waals surface area contributed by atoms with Crippen molar-refractivity contribution in [1.82, 2.24) is 19.8 Å². The summed E-state index contributed by atoms with van der Waals surface area (Å²) in [6, 6.07) is 6.22. The number of hydrogen-bond donors (Lipinski definition) is 1. The Kier molecular flexibility index (Phi) is 5.60. The molecule has 0 bridgehead atoms. The molecular weight excluding hydrogens is 342 g/mol. The lowest BCUT2D eigenvalue weighted by molar-refractivity contribution is 0.461. The number of rotatable bonds is 4. The van der Waals surface area contributed by atoms with Gasteiger partial charge in [-0.3, -0.25) is 9.98 Å². The van der Waals surface area contributed by atoms with Gasteiger partial charge < -0.3 is 14.8 Å². The first kappa shape index (κ1) is 16.5. The molecule has 0 saturated heterocycles. The smallest absolute Gasteiger partial charge is 0.194 e. The second-order valence-corrected chi connectivity index (χ2v) is 6.24. The highest BCUT2D eigenvalue weighted by Crippen LogP contribution is 2.15. The maximum atomic E-state index is 4.34. The molecule has 5 nitrogen and oxygen atoms in total. The van der Waals surface area contributed by atoms with Crippen LogP contribution in [0.2, 0.25) is 0 Å². The summed E-state index contributed by atoms with van der Waals surface area (Å²) in [5, 5.41) is 3.37. The molecule has 6 heteroatoms. The van der Waals surface area contributed by atoms with Crippen LogP contribution in [0.25, 0.3) is 0 Å². The molecule has 0 spiro atoms. The van der Waals surface area contributed by atoms with Gasteiger partial charge in [-0.15, -0.1) is 0 Å². The van der Waals surface area contributed by atoms with E-state index in [-0.39, 0.29) is 0 Å². The first-order valence-electron chi connectivity index (χ1n) is 7.13. The van der Waals surface area contributed by atoms with E-state index >= 15 is 0 Å². The van der Waals surface area contributed by atoms with E-state index in [9.17, 15) is 0 Å². The molecule has 2 aromatic rings. The summed E-state index contributed by atoms with van der Waals surface area (Å²) in [7, 11) is 5.87. The van der Waals surface area contributed by atoms with Gasteiger partial charge in [0.25, 0.3) is 0 Å². The molecule has 22 heavy (non-hydrogen) atoms. The lowest BCUT2D eigenvalue weighted by Crippen LogP contribution is -2.38. The number of aliphatic imine (C=N–C) groups is 1. The fraction of sp³-hybridized carbons (Fsp3) is 0.375. The maximum Gasteiger partial charge on any atom is 0.194 e. The zero-order chi connectivity index (χ0) is 16.1. The molecule has 0 aliphatic heterocycles. The predicted molar refractivity (Wildman–Crippen MR) is 93.8 cm³/mol. The number of halogens is 1. The summed E-state index contributed by atoms with van der Waals surface area (Å²) in [5.74, 6) is 0.859. The fourth-order valence-corrected chi connectivity index (χ4v) is 2.78. The van der Waals surface area contributed by atoms with Crippen LogP contribution < -0.4 is 5.32 Å². The van der Waals surface area contributed by atoms with Gasteiger partial charge in [-0.2, -0.15) is 0 Å². The number of nitrogens with zero attached hydrogens (tertiary/aromatic N) is 4. The Hall–Kier alpha value is -1.82. The number of hydrogen-bond acceptors (Lipinski definition) is 2. The normalized spacial score (nSPS) is 11.6. The third-order valence-corrected chi connectivity index (χ3v) is 3.90. The van der Waals surface area contributed by atoms with E-state index in [0.717, 1.165) is 28.2 Å². The van der Waals surface area contributed by atoms with Crippen molar-refractivity contribution in [2.75, 3.05) is 14.1 Å². The summed E-state index contributed by atoms with van der Waals surface area (Å²) >= 11 is 3.50. The van der Waals surface area contributed by atoms with E-state index in [1.165, 1.54) is 5.69 Å². The van der Waals surface area contributed by atoms with Crippen molar-refractivity contribution in [3.8, 4) is 0 Å². The quantitative estimate of drug-likeness (QED) is 0.670. The number of aromatic nitrogens is 2. The summed E-state index contributed by atoms with van der Waals surface area (Å²) in [4.78, 5) is 10.8. The maximum absolute atomic E-state index is 4.34. The van der Waals surface area contributed by atoms with Crippen LogP contribution in [-0.4, -0.2) is 34.5 Å². The third kappa shape index (κ3) is 4.34. The van der Waals surface area contributed by atoms with Crippen LogP contribution in [0, 0.1) is 6.92 Å². The lowest BCUT2D eigenvalue weighted by Gasteiger charge is -2.22. The Bertz CT molecular complexity index is 645. The van der Waals surface area contributed by atoms with Gasteiger partial charge in [0.2, 0.25) is 0 Å². The van der Waals surface area contributed by atoms with E-state index in [2.05, 4.69) is 59.0 Å². The van der Waals surface area contributed by atoms with Gasteiger partial charge in [0.1, 0.15) is 0 Å². The number of guanidine groups is 1. The fourth-order valence-electron chi connectivity index (χ4n) is 2.21. The van der Waals surface area contributed by atoms with Gasteiger partial charge in [-0.1, -0.05) is 6.07 Å². The van der Waals surface area contributed by atoms with Gasteiger partial charge in [0.05, 0.1) is 6.54 Å². The van der Waals surface area contributed by atoms with Crippen LogP contribution in [-0.2, 0) is 20.1 Å². The average Bonchev–Trinajstić information content (AvgIpc) is 2.79. The Morgan fingerprint density at radius 2 is 2.23 bits per heavy atom. The Morgan fingerprint density at radius 3 is 2.77 bits per heavy atom. The molecule has 0 amide bonds. The molecule has 0 atom stereocenters. The largest absolute Gasteiger partial charge is 0.352 e. The van der Waals surface area contributed by atoms with Crippen LogP contribution in [0.3, 0.4) is 0 Å². The van der Waals surface area contributed by atoms with Gasteiger partial charge in [0, 0.05) is 55.9 Å². The minimum atomic E-state index is 0.709. The molecule has 0 aromatic carbocycles. The first-order valence-corrected chi connectivity index (χ1v) is 7.93. The molecule has 0 radical (unpaired) electrons. The van der Waals surface area contributed by atoms with Crippen LogP contribution in [0.1, 0.15) is 17.0 Å². The predicted octanol–water partition coefficient (Wildman–Crippen LogP) is 2.70. The molecular formula is C16H22BrN5. The Labute approximate surface area is 140 Å². The number of nitrogens with one attached hydrogen (secondary N) is 1. The summed E-state index contributed by atoms with van der Waals surface area (Å²) < 4.78 is 3.20. The Morgan fingerprint density at radius 1 is 1.45 bits per heavy atom.